The summed E-state index contributed by atoms with van der Waals surface area (Å²) >= 11 is 3.35. The van der Waals surface area contributed by atoms with Gasteiger partial charge in [-0.15, -0.1) is 0 Å². The van der Waals surface area contributed by atoms with Crippen molar-refractivity contribution in [3.8, 4) is 0 Å². The number of hydrogen-bond donors (Lipinski definition) is 1. The Morgan fingerprint density at radius 1 is 1.22 bits per heavy atom. The molecule has 0 saturated carbocycles. The number of anilines is 1. The molecule has 122 valence electrons. The minimum absolute atomic E-state index is 0.0665. The molecule has 0 bridgehead atoms. The summed E-state index contributed by atoms with van der Waals surface area (Å²) in [4.78, 5) is 14.1. The summed E-state index contributed by atoms with van der Waals surface area (Å²) in [5.74, 6) is -0.348. The van der Waals surface area contributed by atoms with E-state index in [1.54, 1.807) is 6.07 Å². The first-order valence-corrected chi connectivity index (χ1v) is 8.14. The van der Waals surface area contributed by atoms with Crippen molar-refractivity contribution in [3.05, 3.63) is 63.4 Å². The molecule has 0 aliphatic heterocycles. The predicted octanol–water partition coefficient (Wildman–Crippen LogP) is 4.28. The van der Waals surface area contributed by atoms with Gasteiger partial charge >= 0.3 is 0 Å². The van der Waals surface area contributed by atoms with E-state index in [-0.39, 0.29) is 18.3 Å². The molecule has 0 heterocycles. The van der Waals surface area contributed by atoms with Gasteiger partial charge < -0.3 is 5.32 Å². The lowest BCUT2D eigenvalue weighted by Gasteiger charge is -2.18. The number of carbonyl (C=O) groups is 1. The number of nitrogens with one attached hydrogen (secondary N) is 1. The highest BCUT2D eigenvalue weighted by Gasteiger charge is 2.11. The van der Waals surface area contributed by atoms with Crippen LogP contribution in [0.3, 0.4) is 0 Å². The molecular weight excluding hydrogens is 359 g/mol. The molecule has 3 nitrogen and oxygen atoms in total. The normalized spacial score (nSPS) is 10.9. The molecule has 1 N–H and O–H groups in total. The zero-order valence-corrected chi connectivity index (χ0v) is 15.1. The monoisotopic (exact) mass is 378 g/mol. The minimum atomic E-state index is -0.281. The van der Waals surface area contributed by atoms with Gasteiger partial charge in [-0.3, -0.25) is 9.69 Å². The molecule has 2 rings (SSSR count). The summed E-state index contributed by atoms with van der Waals surface area (Å²) in [7, 11) is 1.86. The number of amides is 1. The molecule has 2 aromatic carbocycles. The van der Waals surface area contributed by atoms with Gasteiger partial charge in [0.15, 0.2) is 0 Å². The van der Waals surface area contributed by atoms with Crippen LogP contribution >= 0.6 is 15.9 Å². The molecule has 0 aliphatic carbocycles. The van der Waals surface area contributed by atoms with Gasteiger partial charge in [-0.05, 0) is 49.7 Å². The van der Waals surface area contributed by atoms with E-state index in [0.29, 0.717) is 11.0 Å². The molecule has 0 spiro atoms. The van der Waals surface area contributed by atoms with Gasteiger partial charge in [0.05, 0.1) is 6.54 Å². The lowest BCUT2D eigenvalue weighted by Crippen LogP contribution is -2.30. The zero-order valence-electron chi connectivity index (χ0n) is 13.5. The summed E-state index contributed by atoms with van der Waals surface area (Å²) in [6.07, 6.45) is 0. The Bertz CT molecular complexity index is 698. The summed E-state index contributed by atoms with van der Waals surface area (Å²) in [6.45, 7) is 4.77. The molecule has 23 heavy (non-hydrogen) atoms. The number of halogens is 2. The lowest BCUT2D eigenvalue weighted by molar-refractivity contribution is -0.117. The van der Waals surface area contributed by atoms with Gasteiger partial charge in [0, 0.05) is 16.7 Å². The number of nitrogens with zero attached hydrogens (tertiary/aromatic N) is 1. The van der Waals surface area contributed by atoms with Crippen LogP contribution in [0.1, 0.15) is 16.7 Å². The average molecular weight is 379 g/mol. The first kappa shape index (κ1) is 17.6. The lowest BCUT2D eigenvalue weighted by atomic mass is 10.1. The third kappa shape index (κ3) is 4.88. The van der Waals surface area contributed by atoms with Crippen molar-refractivity contribution in [3.63, 3.8) is 0 Å². The predicted molar refractivity (Wildman–Crippen MR) is 95.0 cm³/mol. The molecule has 0 unspecified atom stereocenters. The summed E-state index contributed by atoms with van der Waals surface area (Å²) in [6, 6.07) is 10.5. The van der Waals surface area contributed by atoms with Crippen molar-refractivity contribution in [2.75, 3.05) is 18.9 Å². The number of carbonyl (C=O) groups excluding carboxylic acids is 1. The van der Waals surface area contributed by atoms with E-state index in [4.69, 9.17) is 0 Å². The highest BCUT2D eigenvalue weighted by atomic mass is 79.9. The van der Waals surface area contributed by atoms with Crippen LogP contribution in [0.4, 0.5) is 10.1 Å². The van der Waals surface area contributed by atoms with Gasteiger partial charge in [-0.1, -0.05) is 40.2 Å². The van der Waals surface area contributed by atoms with Gasteiger partial charge in [-0.2, -0.15) is 0 Å². The van der Waals surface area contributed by atoms with Crippen LogP contribution in [-0.4, -0.2) is 24.4 Å². The number of likely N-dealkylation sites (N-methyl/N-ethyl adjacent to an activating group) is 1. The van der Waals surface area contributed by atoms with Gasteiger partial charge in [0.25, 0.3) is 0 Å². The molecule has 0 saturated heterocycles. The Balaban J connectivity index is 1.97. The number of hydrogen-bond acceptors (Lipinski definition) is 2. The van der Waals surface area contributed by atoms with Gasteiger partial charge in [-0.25, -0.2) is 4.39 Å². The van der Waals surface area contributed by atoms with E-state index >= 15 is 0 Å². The maximum absolute atomic E-state index is 13.1. The third-order valence-corrected chi connectivity index (χ3v) is 4.35. The van der Waals surface area contributed by atoms with Crippen LogP contribution in [0.25, 0.3) is 0 Å². The van der Waals surface area contributed by atoms with E-state index in [0.717, 1.165) is 22.4 Å². The minimum Gasteiger partial charge on any atom is -0.324 e. The van der Waals surface area contributed by atoms with E-state index in [1.165, 1.54) is 12.1 Å². The molecule has 0 fully saturated rings. The number of para-hydroxylation sites is 1. The first-order chi connectivity index (χ1) is 10.9. The second kappa shape index (κ2) is 7.70. The highest BCUT2D eigenvalue weighted by molar-refractivity contribution is 9.10. The molecule has 0 atom stereocenters. The molecule has 1 amide bonds. The standard InChI is InChI=1S/C18H20BrFN2O/c1-12-5-4-6-13(2)18(12)21-17(23)11-22(3)10-14-7-8-15(20)9-16(14)19/h4-9H,10-11H2,1-3H3,(H,21,23). The molecule has 0 radical (unpaired) electrons. The van der Waals surface area contributed by atoms with E-state index in [9.17, 15) is 9.18 Å². The second-order valence-corrected chi connectivity index (χ2v) is 6.58. The fraction of sp³-hybridized carbons (Fsp3) is 0.278. The summed E-state index contributed by atoms with van der Waals surface area (Å²) < 4.78 is 13.8. The number of rotatable bonds is 5. The van der Waals surface area contributed by atoms with Crippen molar-refractivity contribution < 1.29 is 9.18 Å². The fourth-order valence-electron chi connectivity index (χ4n) is 2.43. The van der Waals surface area contributed by atoms with Crippen molar-refractivity contribution in [2.24, 2.45) is 0 Å². The third-order valence-electron chi connectivity index (χ3n) is 3.61. The summed E-state index contributed by atoms with van der Waals surface area (Å²) in [5.41, 5.74) is 3.90. The Morgan fingerprint density at radius 2 is 1.87 bits per heavy atom. The Morgan fingerprint density at radius 3 is 2.48 bits per heavy atom. The van der Waals surface area contributed by atoms with Crippen molar-refractivity contribution >= 4 is 27.5 Å². The highest BCUT2D eigenvalue weighted by Crippen LogP contribution is 2.21. The molecule has 2 aromatic rings. The quantitative estimate of drug-likeness (QED) is 0.841. The zero-order chi connectivity index (χ0) is 17.0. The largest absolute Gasteiger partial charge is 0.324 e. The Labute approximate surface area is 144 Å². The molecule has 0 aromatic heterocycles. The van der Waals surface area contributed by atoms with E-state index in [1.807, 2.05) is 44.0 Å². The SMILES string of the molecule is Cc1cccc(C)c1NC(=O)CN(C)Cc1ccc(F)cc1Br. The van der Waals surface area contributed by atoms with Crippen LogP contribution in [-0.2, 0) is 11.3 Å². The van der Waals surface area contributed by atoms with E-state index < -0.39 is 0 Å². The smallest absolute Gasteiger partial charge is 0.238 e. The second-order valence-electron chi connectivity index (χ2n) is 5.72. The molecule has 5 heteroatoms. The van der Waals surface area contributed by atoms with Gasteiger partial charge in [0.1, 0.15) is 5.82 Å². The number of benzene rings is 2. The van der Waals surface area contributed by atoms with Crippen LogP contribution in [0.15, 0.2) is 40.9 Å². The fourth-order valence-corrected chi connectivity index (χ4v) is 2.91. The maximum atomic E-state index is 13.1. The van der Waals surface area contributed by atoms with Crippen molar-refractivity contribution in [2.45, 2.75) is 20.4 Å². The Kier molecular flexibility index (Phi) is 5.91. The maximum Gasteiger partial charge on any atom is 0.238 e. The van der Waals surface area contributed by atoms with Crippen LogP contribution in [0, 0.1) is 19.7 Å². The number of aryl methyl sites for hydroxylation is 2. The topological polar surface area (TPSA) is 32.3 Å². The van der Waals surface area contributed by atoms with Crippen LogP contribution in [0.2, 0.25) is 0 Å². The Hall–Kier alpha value is -1.72. The first-order valence-electron chi connectivity index (χ1n) is 7.35. The van der Waals surface area contributed by atoms with Crippen LogP contribution < -0.4 is 5.32 Å². The van der Waals surface area contributed by atoms with Crippen molar-refractivity contribution in [1.29, 1.82) is 0 Å². The summed E-state index contributed by atoms with van der Waals surface area (Å²) in [5, 5.41) is 2.97. The molecule has 0 aliphatic rings. The van der Waals surface area contributed by atoms with Crippen LogP contribution in [0.5, 0.6) is 0 Å². The average Bonchev–Trinajstić information content (AvgIpc) is 2.46. The van der Waals surface area contributed by atoms with E-state index in [2.05, 4.69) is 21.2 Å². The van der Waals surface area contributed by atoms with Gasteiger partial charge in [0.2, 0.25) is 5.91 Å². The van der Waals surface area contributed by atoms with Crippen molar-refractivity contribution in [1.82, 2.24) is 4.90 Å². The molecular formula is C18H20BrFN2O.